The van der Waals surface area contributed by atoms with Crippen molar-refractivity contribution in [1.29, 1.82) is 0 Å². The third kappa shape index (κ3) is 11.0. The number of aromatic nitrogens is 2. The van der Waals surface area contributed by atoms with Gasteiger partial charge in [0.15, 0.2) is 11.6 Å². The number of rotatable bonds is 18. The summed E-state index contributed by atoms with van der Waals surface area (Å²) in [5.74, 6) is 0.700. The van der Waals surface area contributed by atoms with E-state index in [-0.39, 0.29) is 5.75 Å². The zero-order valence-corrected chi connectivity index (χ0v) is 22.9. The predicted octanol–water partition coefficient (Wildman–Crippen LogP) is 8.69. The van der Waals surface area contributed by atoms with Crippen LogP contribution in [0.25, 0.3) is 11.4 Å². The third-order valence-corrected chi connectivity index (χ3v) is 9.72. The van der Waals surface area contributed by atoms with Crippen LogP contribution in [0.1, 0.15) is 78.1 Å². The van der Waals surface area contributed by atoms with Crippen LogP contribution < -0.4 is 9.47 Å². The summed E-state index contributed by atoms with van der Waals surface area (Å²) < 4.78 is 25.9. The molecule has 0 aliphatic rings. The van der Waals surface area contributed by atoms with Gasteiger partial charge in [-0.2, -0.15) is 9.37 Å². The van der Waals surface area contributed by atoms with Gasteiger partial charge in [-0.25, -0.2) is 4.98 Å². The monoisotopic (exact) mass is 488 g/mol. The Balaban J connectivity index is 1.73. The fourth-order valence-corrected chi connectivity index (χ4v) is 6.79. The maximum absolute atomic E-state index is 14.5. The predicted molar refractivity (Wildman–Crippen MR) is 143 cm³/mol. The molecule has 6 heteroatoms. The van der Waals surface area contributed by atoms with Crippen LogP contribution in [0.15, 0.2) is 30.5 Å². The Morgan fingerprint density at radius 3 is 2.09 bits per heavy atom. The van der Waals surface area contributed by atoms with Crippen molar-refractivity contribution >= 4 is 8.07 Å². The van der Waals surface area contributed by atoms with E-state index in [0.717, 1.165) is 37.2 Å². The van der Waals surface area contributed by atoms with Crippen LogP contribution in [0.2, 0.25) is 25.2 Å². The fraction of sp³-hybridized carbons (Fsp3) is 0.643. The van der Waals surface area contributed by atoms with Crippen molar-refractivity contribution in [2.24, 2.45) is 0 Å². The van der Waals surface area contributed by atoms with Crippen molar-refractivity contribution in [3.05, 3.63) is 36.4 Å². The quantitative estimate of drug-likeness (QED) is 0.120. The van der Waals surface area contributed by atoms with E-state index in [1.54, 1.807) is 0 Å². The Hall–Kier alpha value is -1.95. The van der Waals surface area contributed by atoms with Gasteiger partial charge in [-0.05, 0) is 37.1 Å². The zero-order valence-electron chi connectivity index (χ0n) is 21.9. The second-order valence-corrected chi connectivity index (χ2v) is 15.4. The molecule has 0 radical (unpaired) electrons. The highest BCUT2D eigenvalue weighted by molar-refractivity contribution is 6.77. The first kappa shape index (κ1) is 28.3. The van der Waals surface area contributed by atoms with Crippen molar-refractivity contribution in [2.45, 2.75) is 103 Å². The molecule has 34 heavy (non-hydrogen) atoms. The molecule has 1 aromatic heterocycles. The summed E-state index contributed by atoms with van der Waals surface area (Å²) in [5.41, 5.74) is 0.761. The molecule has 2 rings (SSSR count). The first-order chi connectivity index (χ1) is 16.4. The molecule has 190 valence electrons. The Morgan fingerprint density at radius 1 is 0.765 bits per heavy atom. The van der Waals surface area contributed by atoms with E-state index in [0.29, 0.717) is 12.4 Å². The van der Waals surface area contributed by atoms with Crippen molar-refractivity contribution in [2.75, 3.05) is 13.2 Å². The lowest BCUT2D eigenvalue weighted by Crippen LogP contribution is -2.24. The second kappa shape index (κ2) is 15.9. The van der Waals surface area contributed by atoms with Crippen LogP contribution in [-0.2, 0) is 0 Å². The van der Waals surface area contributed by atoms with Gasteiger partial charge < -0.3 is 9.47 Å². The lowest BCUT2D eigenvalue weighted by Gasteiger charge is -2.21. The molecular formula is C28H45FN2O2Si. The molecule has 0 fully saturated rings. The third-order valence-electron chi connectivity index (χ3n) is 6.30. The summed E-state index contributed by atoms with van der Waals surface area (Å²) in [6, 6.07) is 10.2. The first-order valence-electron chi connectivity index (χ1n) is 13.3. The highest BCUT2D eigenvalue weighted by Crippen LogP contribution is 2.24. The normalized spacial score (nSPS) is 11.6. The highest BCUT2D eigenvalue weighted by atomic mass is 28.3. The van der Waals surface area contributed by atoms with E-state index >= 15 is 0 Å². The summed E-state index contributed by atoms with van der Waals surface area (Å²) in [5, 5.41) is 0. The average Bonchev–Trinajstić information content (AvgIpc) is 2.83. The summed E-state index contributed by atoms with van der Waals surface area (Å²) in [6.45, 7) is 10.6. The lowest BCUT2D eigenvalue weighted by molar-refractivity contribution is 0.288. The SMILES string of the molecule is CCCCCCCCOc1ccc(-c2ncc(OCCCC[Si](C)(C)CCCC)c(F)n2)cc1. The molecule has 0 bridgehead atoms. The molecule has 0 spiro atoms. The Labute approximate surface area is 207 Å². The molecule has 0 aliphatic heterocycles. The van der Waals surface area contributed by atoms with Crippen LogP contribution >= 0.6 is 0 Å². The van der Waals surface area contributed by atoms with Crippen molar-refractivity contribution in [1.82, 2.24) is 9.97 Å². The van der Waals surface area contributed by atoms with Crippen LogP contribution in [0.3, 0.4) is 0 Å². The van der Waals surface area contributed by atoms with E-state index < -0.39 is 14.0 Å². The van der Waals surface area contributed by atoms with E-state index in [1.807, 2.05) is 24.3 Å². The molecule has 0 aliphatic carbocycles. The standard InChI is InChI=1S/C28H45FN2O2Si/c1-5-7-9-10-11-12-19-32-25-17-15-24(16-18-25)28-30-23-26(27(29)31-28)33-20-13-14-22-34(3,4)21-8-6-2/h15-18,23H,5-14,19-22H2,1-4H3. The number of hydrogen-bond donors (Lipinski definition) is 0. The highest BCUT2D eigenvalue weighted by Gasteiger charge is 2.19. The number of benzene rings is 1. The number of hydrogen-bond acceptors (Lipinski definition) is 4. The summed E-state index contributed by atoms with van der Waals surface area (Å²) in [6.07, 6.45) is 13.6. The first-order valence-corrected chi connectivity index (χ1v) is 16.7. The van der Waals surface area contributed by atoms with Gasteiger partial charge in [0.25, 0.3) is 5.95 Å². The average molecular weight is 489 g/mol. The summed E-state index contributed by atoms with van der Waals surface area (Å²) in [4.78, 5) is 8.33. The molecule has 1 heterocycles. The van der Waals surface area contributed by atoms with Gasteiger partial charge in [-0.3, -0.25) is 0 Å². The fourth-order valence-electron chi connectivity index (χ4n) is 4.03. The number of ether oxygens (including phenoxy) is 2. The van der Waals surface area contributed by atoms with E-state index in [4.69, 9.17) is 9.47 Å². The van der Waals surface area contributed by atoms with Gasteiger partial charge >= 0.3 is 0 Å². The van der Waals surface area contributed by atoms with Crippen molar-refractivity contribution in [3.63, 3.8) is 0 Å². The number of nitrogens with zero attached hydrogens (tertiary/aromatic N) is 2. The minimum absolute atomic E-state index is 0.130. The number of halogens is 1. The molecule has 0 unspecified atom stereocenters. The molecule has 1 aromatic carbocycles. The molecule has 0 saturated heterocycles. The summed E-state index contributed by atoms with van der Waals surface area (Å²) >= 11 is 0. The van der Waals surface area contributed by atoms with E-state index in [2.05, 4.69) is 36.9 Å². The van der Waals surface area contributed by atoms with E-state index in [9.17, 15) is 4.39 Å². The van der Waals surface area contributed by atoms with Gasteiger partial charge in [0.2, 0.25) is 0 Å². The molecule has 0 saturated carbocycles. The van der Waals surface area contributed by atoms with Gasteiger partial charge in [-0.1, -0.05) is 90.4 Å². The molecule has 0 N–H and O–H groups in total. The molecule has 0 atom stereocenters. The maximum Gasteiger partial charge on any atom is 0.258 e. The molecule has 4 nitrogen and oxygen atoms in total. The lowest BCUT2D eigenvalue weighted by atomic mass is 10.1. The Kier molecular flexibility index (Phi) is 13.2. The minimum atomic E-state index is -1.09. The Bertz CT molecular complexity index is 815. The molecule has 2 aromatic rings. The van der Waals surface area contributed by atoms with Crippen LogP contribution in [0.5, 0.6) is 11.5 Å². The van der Waals surface area contributed by atoms with Gasteiger partial charge in [-0.15, -0.1) is 0 Å². The smallest absolute Gasteiger partial charge is 0.258 e. The van der Waals surface area contributed by atoms with Crippen molar-refractivity contribution in [3.8, 4) is 22.9 Å². The summed E-state index contributed by atoms with van der Waals surface area (Å²) in [7, 11) is -1.09. The van der Waals surface area contributed by atoms with Crippen LogP contribution in [-0.4, -0.2) is 31.3 Å². The Morgan fingerprint density at radius 2 is 1.38 bits per heavy atom. The maximum atomic E-state index is 14.5. The largest absolute Gasteiger partial charge is 0.494 e. The van der Waals surface area contributed by atoms with E-state index in [1.165, 1.54) is 63.2 Å². The topological polar surface area (TPSA) is 44.2 Å². The minimum Gasteiger partial charge on any atom is -0.494 e. The number of unbranched alkanes of at least 4 members (excludes halogenated alkanes) is 7. The van der Waals surface area contributed by atoms with Gasteiger partial charge in [0.1, 0.15) is 5.75 Å². The molecule has 0 amide bonds. The molecular weight excluding hydrogens is 443 g/mol. The van der Waals surface area contributed by atoms with Crippen LogP contribution in [0, 0.1) is 5.95 Å². The van der Waals surface area contributed by atoms with Crippen LogP contribution in [0.4, 0.5) is 4.39 Å². The van der Waals surface area contributed by atoms with Crippen molar-refractivity contribution < 1.29 is 13.9 Å². The zero-order chi connectivity index (χ0) is 24.7. The second-order valence-electron chi connectivity index (χ2n) is 10.1. The van der Waals surface area contributed by atoms with Gasteiger partial charge in [0, 0.05) is 13.6 Å². The van der Waals surface area contributed by atoms with Gasteiger partial charge in [0.05, 0.1) is 19.4 Å².